The summed E-state index contributed by atoms with van der Waals surface area (Å²) >= 11 is 0. The number of aromatic hydroxyl groups is 1. The van der Waals surface area contributed by atoms with Crippen molar-refractivity contribution in [2.24, 2.45) is 17.4 Å². The van der Waals surface area contributed by atoms with Crippen LogP contribution in [0.1, 0.15) is 76.7 Å². The molecule has 7 N–H and O–H groups in total. The molecule has 1 aliphatic rings. The third kappa shape index (κ3) is 15.3. The number of hydrogen-bond acceptors (Lipinski definition) is 9. The van der Waals surface area contributed by atoms with Gasteiger partial charge in [0.1, 0.15) is 18.1 Å². The van der Waals surface area contributed by atoms with Crippen LogP contribution < -0.4 is 22.5 Å². The Kier molecular flexibility index (Phi) is 18.1. The van der Waals surface area contributed by atoms with Crippen molar-refractivity contribution in [1.82, 2.24) is 16.0 Å². The Labute approximate surface area is 271 Å². The van der Waals surface area contributed by atoms with Gasteiger partial charge in [-0.15, -0.1) is 0 Å². The van der Waals surface area contributed by atoms with Crippen molar-refractivity contribution in [1.29, 1.82) is 0 Å². The summed E-state index contributed by atoms with van der Waals surface area (Å²) in [4.78, 5) is 62.7. The molecule has 257 valence electrons. The summed E-state index contributed by atoms with van der Waals surface area (Å²) in [5, 5.41) is 12.1. The summed E-state index contributed by atoms with van der Waals surface area (Å²) in [6.07, 6.45) is 5.14. The number of benzene rings is 1. The number of unbranched alkanes of at least 4 members (excludes halogenated alkanes) is 1. The number of amides is 3. The van der Waals surface area contributed by atoms with Crippen molar-refractivity contribution in [3.8, 4) is 5.75 Å². The predicted octanol–water partition coefficient (Wildman–Crippen LogP) is 1.43. The SMILES string of the molecule is C[C@@H]1CCCN1C(=O)[C@@H](N)CCC(=O)CCCOCCOCC(=O)NCCCC[C@H](CC(=O)[C@@H]([NH])Cc1ccc(O)cc1)C(N)=O. The van der Waals surface area contributed by atoms with E-state index in [1.165, 1.54) is 12.1 Å². The molecule has 0 aliphatic carbocycles. The smallest absolute Gasteiger partial charge is 0.245 e. The lowest BCUT2D eigenvalue weighted by molar-refractivity contribution is -0.133. The average molecular weight is 647 g/mol. The first-order valence-electron chi connectivity index (χ1n) is 16.3. The molecular weight excluding hydrogens is 594 g/mol. The maximum absolute atomic E-state index is 12.5. The number of hydrogen-bond donors (Lipinski definition) is 4. The number of Topliss-reactive ketones (excluding diaryl/α,β-unsaturated/α-hetero) is 2. The first-order chi connectivity index (χ1) is 22.0. The highest BCUT2D eigenvalue weighted by Gasteiger charge is 2.29. The Hall–Kier alpha value is -3.39. The molecule has 1 aromatic rings. The van der Waals surface area contributed by atoms with E-state index in [1.54, 1.807) is 12.1 Å². The molecule has 1 aliphatic heterocycles. The molecule has 1 heterocycles. The van der Waals surface area contributed by atoms with Crippen molar-refractivity contribution >= 4 is 29.3 Å². The zero-order valence-corrected chi connectivity index (χ0v) is 27.0. The second-order valence-electron chi connectivity index (χ2n) is 12.0. The van der Waals surface area contributed by atoms with Crippen LogP contribution in [0.15, 0.2) is 24.3 Å². The Morgan fingerprint density at radius 2 is 1.74 bits per heavy atom. The fourth-order valence-electron chi connectivity index (χ4n) is 5.30. The summed E-state index contributed by atoms with van der Waals surface area (Å²) in [5.41, 5.74) is 20.4. The fraction of sp³-hybridized carbons (Fsp3) is 0.667. The minimum Gasteiger partial charge on any atom is -0.508 e. The lowest BCUT2D eigenvalue weighted by atomic mass is 9.91. The molecule has 0 unspecified atom stereocenters. The van der Waals surface area contributed by atoms with Crippen molar-refractivity contribution in [3.05, 3.63) is 29.8 Å². The monoisotopic (exact) mass is 646 g/mol. The Bertz CT molecular complexity index is 1120. The highest BCUT2D eigenvalue weighted by atomic mass is 16.5. The van der Waals surface area contributed by atoms with Crippen LogP contribution in [0, 0.1) is 5.92 Å². The average Bonchev–Trinajstić information content (AvgIpc) is 3.46. The molecule has 0 spiro atoms. The van der Waals surface area contributed by atoms with E-state index < -0.39 is 23.9 Å². The van der Waals surface area contributed by atoms with Gasteiger partial charge in [0.25, 0.3) is 0 Å². The van der Waals surface area contributed by atoms with Crippen LogP contribution >= 0.6 is 0 Å². The quantitative estimate of drug-likeness (QED) is 0.119. The summed E-state index contributed by atoms with van der Waals surface area (Å²) < 4.78 is 10.8. The minimum absolute atomic E-state index is 0.0522. The number of nitrogens with two attached hydrogens (primary N) is 2. The van der Waals surface area contributed by atoms with E-state index in [4.69, 9.17) is 26.7 Å². The number of carbonyl (C=O) groups excluding carboxylic acids is 5. The standard InChI is InChI=1S/C33H52N5O8/c1-23-6-4-16-38(23)33(44)28(34)14-13-26(39)8-5-17-45-18-19-46-22-31(42)37-15-3-2-7-25(32(36)43)21-30(41)29(35)20-24-9-11-27(40)12-10-24/h9-12,23,25,28-29,35,40H,2-8,13-22,34H2,1H3,(H2,36,43)(H,37,42)/t23-,25-,28+,29+/m1/s1. The summed E-state index contributed by atoms with van der Waals surface area (Å²) in [6, 6.07) is 4.84. The van der Waals surface area contributed by atoms with E-state index in [0.29, 0.717) is 51.7 Å². The number of ketones is 2. The number of likely N-dealkylation sites (tertiary alicyclic amines) is 1. The summed E-state index contributed by atoms with van der Waals surface area (Å²) in [7, 11) is 0. The molecule has 46 heavy (non-hydrogen) atoms. The lowest BCUT2D eigenvalue weighted by Crippen LogP contribution is -2.45. The maximum Gasteiger partial charge on any atom is 0.245 e. The Morgan fingerprint density at radius 1 is 1.02 bits per heavy atom. The van der Waals surface area contributed by atoms with Crippen LogP contribution in [0.5, 0.6) is 5.75 Å². The van der Waals surface area contributed by atoms with Gasteiger partial charge in [0.2, 0.25) is 17.7 Å². The zero-order valence-electron chi connectivity index (χ0n) is 27.0. The third-order valence-corrected chi connectivity index (χ3v) is 8.15. The zero-order chi connectivity index (χ0) is 33.9. The molecule has 0 saturated carbocycles. The molecular formula is C33H52N5O8. The predicted molar refractivity (Wildman–Crippen MR) is 171 cm³/mol. The van der Waals surface area contributed by atoms with Gasteiger partial charge in [-0.1, -0.05) is 18.6 Å². The van der Waals surface area contributed by atoms with Gasteiger partial charge in [0, 0.05) is 50.9 Å². The van der Waals surface area contributed by atoms with E-state index in [9.17, 15) is 29.1 Å². The molecule has 0 bridgehead atoms. The molecule has 1 aromatic carbocycles. The molecule has 1 radical (unpaired) electrons. The van der Waals surface area contributed by atoms with Crippen LogP contribution in [0.25, 0.3) is 0 Å². The summed E-state index contributed by atoms with van der Waals surface area (Å²) in [5.74, 6) is -1.82. The first-order valence-corrected chi connectivity index (χ1v) is 16.3. The lowest BCUT2D eigenvalue weighted by Gasteiger charge is -2.24. The second-order valence-corrected chi connectivity index (χ2v) is 12.0. The van der Waals surface area contributed by atoms with Crippen LogP contribution in [0.2, 0.25) is 0 Å². The Morgan fingerprint density at radius 3 is 2.41 bits per heavy atom. The minimum atomic E-state index is -1.03. The van der Waals surface area contributed by atoms with Gasteiger partial charge in [-0.05, 0) is 69.6 Å². The first kappa shape index (κ1) is 38.8. The molecule has 13 heteroatoms. The van der Waals surface area contributed by atoms with Gasteiger partial charge < -0.3 is 36.3 Å². The van der Waals surface area contributed by atoms with E-state index in [2.05, 4.69) is 5.32 Å². The number of phenolic OH excluding ortho intramolecular Hbond substituents is 1. The number of rotatable bonds is 24. The molecule has 1 saturated heterocycles. The highest BCUT2D eigenvalue weighted by molar-refractivity contribution is 5.89. The molecule has 1 fully saturated rings. The molecule has 3 amide bonds. The van der Waals surface area contributed by atoms with Crippen LogP contribution in [0.4, 0.5) is 0 Å². The highest BCUT2D eigenvalue weighted by Crippen LogP contribution is 2.19. The van der Waals surface area contributed by atoms with Crippen molar-refractivity contribution in [3.63, 3.8) is 0 Å². The van der Waals surface area contributed by atoms with Crippen LogP contribution in [0.3, 0.4) is 0 Å². The molecule has 4 atom stereocenters. The van der Waals surface area contributed by atoms with Crippen LogP contribution in [-0.2, 0) is 39.9 Å². The number of primary amides is 1. The maximum atomic E-state index is 12.5. The largest absolute Gasteiger partial charge is 0.508 e. The van der Waals surface area contributed by atoms with Gasteiger partial charge in [-0.2, -0.15) is 0 Å². The van der Waals surface area contributed by atoms with Crippen molar-refractivity contribution < 1.29 is 38.6 Å². The normalized spacial score (nSPS) is 16.5. The van der Waals surface area contributed by atoms with Crippen molar-refractivity contribution in [2.45, 2.75) is 95.7 Å². The molecule has 0 aromatic heterocycles. The third-order valence-electron chi connectivity index (χ3n) is 8.15. The number of nitrogens with zero attached hydrogens (tertiary/aromatic N) is 1. The van der Waals surface area contributed by atoms with Gasteiger partial charge in [0.15, 0.2) is 5.78 Å². The van der Waals surface area contributed by atoms with Gasteiger partial charge in [0.05, 0.1) is 25.3 Å². The fourth-order valence-corrected chi connectivity index (χ4v) is 5.30. The van der Waals surface area contributed by atoms with E-state index in [1.807, 2.05) is 11.8 Å². The van der Waals surface area contributed by atoms with E-state index in [0.717, 1.165) is 24.9 Å². The summed E-state index contributed by atoms with van der Waals surface area (Å²) in [6.45, 7) is 3.91. The number of ether oxygens (including phenoxy) is 2. The van der Waals surface area contributed by atoms with Gasteiger partial charge in [-0.25, -0.2) is 5.73 Å². The topological polar surface area (TPSA) is 215 Å². The van der Waals surface area contributed by atoms with Crippen molar-refractivity contribution in [2.75, 3.05) is 39.5 Å². The number of phenols is 1. The van der Waals surface area contributed by atoms with Gasteiger partial charge in [-0.3, -0.25) is 24.0 Å². The van der Waals surface area contributed by atoms with Gasteiger partial charge >= 0.3 is 0 Å². The van der Waals surface area contributed by atoms with E-state index in [-0.39, 0.29) is 74.3 Å². The Balaban J connectivity index is 1.45. The van der Waals surface area contributed by atoms with E-state index >= 15 is 0 Å². The molecule has 2 rings (SSSR count). The molecule has 13 nitrogen and oxygen atoms in total. The number of carbonyl (C=O) groups is 5. The van der Waals surface area contributed by atoms with Crippen LogP contribution in [-0.4, -0.2) is 96.9 Å². The second kappa shape index (κ2) is 21.4. The number of nitrogens with one attached hydrogen (secondary N) is 2.